The van der Waals surface area contributed by atoms with Crippen LogP contribution < -0.4 is 4.72 Å². The van der Waals surface area contributed by atoms with Crippen LogP contribution in [-0.2, 0) is 10.0 Å². The number of nitrogens with one attached hydrogen (secondary N) is 2. The first kappa shape index (κ1) is 20.9. The molecule has 156 valence electrons. The molecular weight excluding hydrogens is 406 g/mol. The fourth-order valence-corrected chi connectivity index (χ4v) is 4.87. The Morgan fingerprint density at radius 2 is 1.77 bits per heavy atom. The Morgan fingerprint density at radius 3 is 2.48 bits per heavy atom. The molecule has 0 aliphatic carbocycles. The Bertz CT molecular complexity index is 1340. The van der Waals surface area contributed by atoms with E-state index in [0.717, 1.165) is 27.6 Å². The number of benzene rings is 3. The molecule has 6 heteroatoms. The molecule has 0 saturated carbocycles. The van der Waals surface area contributed by atoms with E-state index in [1.165, 1.54) is 0 Å². The molecule has 1 atom stereocenters. The Labute approximate surface area is 182 Å². The lowest BCUT2D eigenvalue weighted by Gasteiger charge is -2.18. The van der Waals surface area contributed by atoms with E-state index in [2.05, 4.69) is 15.8 Å². The predicted molar refractivity (Wildman–Crippen MR) is 122 cm³/mol. The van der Waals surface area contributed by atoms with E-state index in [0.29, 0.717) is 18.5 Å². The van der Waals surface area contributed by atoms with E-state index in [1.54, 1.807) is 30.3 Å². The molecule has 31 heavy (non-hydrogen) atoms. The van der Waals surface area contributed by atoms with Gasteiger partial charge in [-0.2, -0.15) is 5.26 Å². The zero-order chi connectivity index (χ0) is 21.8. The Balaban J connectivity index is 1.62. The molecule has 3 aromatic carbocycles. The number of aromatic nitrogens is 1. The summed E-state index contributed by atoms with van der Waals surface area (Å²) in [6.45, 7) is 2.22. The van der Waals surface area contributed by atoms with E-state index >= 15 is 0 Å². The van der Waals surface area contributed by atoms with Crippen molar-refractivity contribution in [1.29, 1.82) is 5.26 Å². The Hall–Kier alpha value is -3.40. The van der Waals surface area contributed by atoms with Gasteiger partial charge in [-0.25, -0.2) is 13.1 Å². The summed E-state index contributed by atoms with van der Waals surface area (Å²) >= 11 is 0. The minimum atomic E-state index is -3.58. The summed E-state index contributed by atoms with van der Waals surface area (Å²) in [6.07, 6.45) is 2.54. The van der Waals surface area contributed by atoms with Crippen LogP contribution in [-0.4, -0.2) is 19.9 Å². The zero-order valence-electron chi connectivity index (χ0n) is 17.2. The molecule has 0 aliphatic rings. The molecule has 0 bridgehead atoms. The van der Waals surface area contributed by atoms with Crippen molar-refractivity contribution < 1.29 is 8.42 Å². The number of hydrogen-bond donors (Lipinski definition) is 2. The van der Waals surface area contributed by atoms with Gasteiger partial charge < -0.3 is 4.98 Å². The number of hydrogen-bond acceptors (Lipinski definition) is 3. The van der Waals surface area contributed by atoms with Crippen molar-refractivity contribution >= 4 is 20.9 Å². The summed E-state index contributed by atoms with van der Waals surface area (Å²) in [4.78, 5) is 3.54. The topological polar surface area (TPSA) is 85.8 Å². The highest BCUT2D eigenvalue weighted by Crippen LogP contribution is 2.33. The maximum absolute atomic E-state index is 12.7. The number of rotatable bonds is 7. The standard InChI is InChI=1S/C25H23N3O2S/c1-18-7-10-21(11-8-18)31(29,30)28-14-13-22(20-5-3-2-4-6-20)24-17-27-25-12-9-19(16-26)15-23(24)25/h2-12,15,17,22,27-28H,13-14H2,1H3. The van der Waals surface area contributed by atoms with Crippen molar-refractivity contribution in [3.63, 3.8) is 0 Å². The van der Waals surface area contributed by atoms with E-state index < -0.39 is 10.0 Å². The summed E-state index contributed by atoms with van der Waals surface area (Å²) < 4.78 is 28.1. The van der Waals surface area contributed by atoms with Crippen LogP contribution in [0.3, 0.4) is 0 Å². The van der Waals surface area contributed by atoms with Crippen LogP contribution in [0.1, 0.15) is 34.6 Å². The van der Waals surface area contributed by atoms with Crippen LogP contribution in [0.4, 0.5) is 0 Å². The largest absolute Gasteiger partial charge is 0.361 e. The normalized spacial score (nSPS) is 12.5. The van der Waals surface area contributed by atoms with Gasteiger partial charge in [0.25, 0.3) is 0 Å². The first-order valence-corrected chi connectivity index (χ1v) is 11.6. The molecule has 1 heterocycles. The molecule has 0 amide bonds. The Morgan fingerprint density at radius 1 is 1.03 bits per heavy atom. The number of H-pyrrole nitrogens is 1. The number of aromatic amines is 1. The number of sulfonamides is 1. The van der Waals surface area contributed by atoms with Crippen molar-refractivity contribution in [2.24, 2.45) is 0 Å². The molecule has 4 rings (SSSR count). The van der Waals surface area contributed by atoms with Gasteiger partial charge in [-0.3, -0.25) is 0 Å². The van der Waals surface area contributed by atoms with Gasteiger partial charge in [-0.05, 0) is 54.8 Å². The average Bonchev–Trinajstić information content (AvgIpc) is 3.20. The second-order valence-electron chi connectivity index (χ2n) is 7.58. The highest BCUT2D eigenvalue weighted by atomic mass is 32.2. The lowest BCUT2D eigenvalue weighted by molar-refractivity contribution is 0.575. The van der Waals surface area contributed by atoms with E-state index in [-0.39, 0.29) is 10.8 Å². The van der Waals surface area contributed by atoms with Gasteiger partial charge in [0.1, 0.15) is 0 Å². The quantitative estimate of drug-likeness (QED) is 0.440. The minimum Gasteiger partial charge on any atom is -0.361 e. The molecule has 0 radical (unpaired) electrons. The van der Waals surface area contributed by atoms with Gasteiger partial charge in [-0.15, -0.1) is 0 Å². The number of fused-ring (bicyclic) bond motifs is 1. The Kier molecular flexibility index (Phi) is 5.90. The second kappa shape index (κ2) is 8.76. The molecule has 5 nitrogen and oxygen atoms in total. The average molecular weight is 430 g/mol. The SMILES string of the molecule is Cc1ccc(S(=O)(=O)NCCC(c2ccccc2)c2c[nH]c3ccc(C#N)cc23)cc1. The molecule has 2 N–H and O–H groups in total. The van der Waals surface area contributed by atoms with Crippen LogP contribution in [0.2, 0.25) is 0 Å². The van der Waals surface area contributed by atoms with Gasteiger partial charge in [0.15, 0.2) is 0 Å². The van der Waals surface area contributed by atoms with E-state index in [4.69, 9.17) is 0 Å². The minimum absolute atomic E-state index is 0.0235. The third-order valence-electron chi connectivity index (χ3n) is 5.48. The van der Waals surface area contributed by atoms with Crippen LogP contribution in [0.15, 0.2) is 83.9 Å². The molecule has 1 unspecified atom stereocenters. The fraction of sp³-hybridized carbons (Fsp3) is 0.160. The first-order chi connectivity index (χ1) is 15.0. The lowest BCUT2D eigenvalue weighted by Crippen LogP contribution is -2.26. The summed E-state index contributed by atoms with van der Waals surface area (Å²) in [7, 11) is -3.58. The third-order valence-corrected chi connectivity index (χ3v) is 6.95. The number of aryl methyl sites for hydroxylation is 1. The van der Waals surface area contributed by atoms with Crippen LogP contribution in [0, 0.1) is 18.3 Å². The molecule has 0 spiro atoms. The highest BCUT2D eigenvalue weighted by molar-refractivity contribution is 7.89. The monoisotopic (exact) mass is 429 g/mol. The molecule has 0 fully saturated rings. The second-order valence-corrected chi connectivity index (χ2v) is 9.35. The summed E-state index contributed by atoms with van der Waals surface area (Å²) in [6, 6.07) is 24.6. The van der Waals surface area contributed by atoms with Crippen LogP contribution in [0.5, 0.6) is 0 Å². The number of nitrogens with zero attached hydrogens (tertiary/aromatic N) is 1. The van der Waals surface area contributed by atoms with Crippen molar-refractivity contribution in [3.05, 3.63) is 101 Å². The van der Waals surface area contributed by atoms with Gasteiger partial charge in [0.05, 0.1) is 16.5 Å². The molecule has 4 aromatic rings. The van der Waals surface area contributed by atoms with E-state index in [1.807, 2.05) is 55.6 Å². The van der Waals surface area contributed by atoms with Gasteiger partial charge in [0, 0.05) is 29.6 Å². The van der Waals surface area contributed by atoms with Crippen molar-refractivity contribution in [3.8, 4) is 6.07 Å². The summed E-state index contributed by atoms with van der Waals surface area (Å²) in [5, 5.41) is 10.3. The maximum Gasteiger partial charge on any atom is 0.240 e. The summed E-state index contributed by atoms with van der Waals surface area (Å²) in [5.74, 6) is -0.0235. The van der Waals surface area contributed by atoms with Crippen molar-refractivity contribution in [2.45, 2.75) is 24.2 Å². The van der Waals surface area contributed by atoms with Crippen LogP contribution >= 0.6 is 0 Å². The van der Waals surface area contributed by atoms with Gasteiger partial charge >= 0.3 is 0 Å². The lowest BCUT2D eigenvalue weighted by atomic mass is 9.88. The predicted octanol–water partition coefficient (Wildman–Crippen LogP) is 4.85. The van der Waals surface area contributed by atoms with Crippen LogP contribution in [0.25, 0.3) is 10.9 Å². The highest BCUT2D eigenvalue weighted by Gasteiger charge is 2.20. The number of nitriles is 1. The fourth-order valence-electron chi connectivity index (χ4n) is 3.83. The van der Waals surface area contributed by atoms with Crippen molar-refractivity contribution in [2.75, 3.05) is 6.54 Å². The van der Waals surface area contributed by atoms with E-state index in [9.17, 15) is 13.7 Å². The molecule has 1 aromatic heterocycles. The third kappa shape index (κ3) is 4.53. The van der Waals surface area contributed by atoms with Gasteiger partial charge in [-0.1, -0.05) is 48.0 Å². The maximum atomic E-state index is 12.7. The van der Waals surface area contributed by atoms with Gasteiger partial charge in [0.2, 0.25) is 10.0 Å². The zero-order valence-corrected chi connectivity index (χ0v) is 18.0. The van der Waals surface area contributed by atoms with Crippen molar-refractivity contribution in [1.82, 2.24) is 9.71 Å². The smallest absolute Gasteiger partial charge is 0.240 e. The molecule has 0 aliphatic heterocycles. The molecule has 0 saturated heterocycles. The molecular formula is C25H23N3O2S. The first-order valence-electron chi connectivity index (χ1n) is 10.1. The summed E-state index contributed by atoms with van der Waals surface area (Å²) in [5.41, 5.74) is 4.71.